The van der Waals surface area contributed by atoms with Crippen molar-refractivity contribution in [1.29, 1.82) is 0 Å². The fourth-order valence-corrected chi connectivity index (χ4v) is 2.75. The summed E-state index contributed by atoms with van der Waals surface area (Å²) in [7, 11) is 0. The number of carbonyl (C=O) groups excluding carboxylic acids is 1. The van der Waals surface area contributed by atoms with Gasteiger partial charge in [0.1, 0.15) is 31.0 Å². The third-order valence-electron chi connectivity index (χ3n) is 3.83. The summed E-state index contributed by atoms with van der Waals surface area (Å²) < 4.78 is 21.6. The minimum atomic E-state index is -1.18. The highest BCUT2D eigenvalue weighted by Gasteiger charge is 2.56. The second kappa shape index (κ2) is 6.18. The van der Waals surface area contributed by atoms with E-state index in [9.17, 15) is 15.0 Å². The van der Waals surface area contributed by atoms with Crippen molar-refractivity contribution >= 4 is 5.97 Å². The Morgan fingerprint density at radius 1 is 1.30 bits per heavy atom. The number of rotatable bonds is 4. The molecule has 2 heterocycles. The van der Waals surface area contributed by atoms with Crippen molar-refractivity contribution in [2.45, 2.75) is 50.3 Å². The van der Waals surface area contributed by atoms with Gasteiger partial charge in [-0.15, -0.1) is 0 Å². The smallest absolute Gasteiger partial charge is 0.338 e. The maximum absolute atomic E-state index is 11.8. The molecule has 126 valence electrons. The van der Waals surface area contributed by atoms with E-state index >= 15 is 0 Å². The molecule has 2 saturated heterocycles. The van der Waals surface area contributed by atoms with Crippen molar-refractivity contribution < 1.29 is 34.0 Å². The topological polar surface area (TPSA) is 94.5 Å². The maximum atomic E-state index is 11.8. The molecule has 1 aromatic rings. The molecule has 23 heavy (non-hydrogen) atoms. The van der Waals surface area contributed by atoms with E-state index in [0.29, 0.717) is 5.56 Å². The van der Waals surface area contributed by atoms with Crippen molar-refractivity contribution in [2.24, 2.45) is 0 Å². The van der Waals surface area contributed by atoms with Crippen molar-refractivity contribution in [3.8, 4) is 0 Å². The lowest BCUT2D eigenvalue weighted by atomic mass is 10.1. The van der Waals surface area contributed by atoms with Crippen molar-refractivity contribution in [2.75, 3.05) is 6.61 Å². The molecule has 2 aliphatic rings. The summed E-state index contributed by atoms with van der Waals surface area (Å²) in [5, 5.41) is 20.3. The summed E-state index contributed by atoms with van der Waals surface area (Å²) in [6, 6.07) is 8.45. The number of aliphatic hydroxyl groups is 2. The van der Waals surface area contributed by atoms with E-state index in [0.717, 1.165) is 0 Å². The highest BCUT2D eigenvalue weighted by molar-refractivity contribution is 5.89. The minimum absolute atomic E-state index is 0.293. The molecule has 0 bridgehead atoms. The van der Waals surface area contributed by atoms with Gasteiger partial charge in [-0.25, -0.2) is 4.79 Å². The predicted molar refractivity (Wildman–Crippen MR) is 77.4 cm³/mol. The van der Waals surface area contributed by atoms with Gasteiger partial charge < -0.3 is 29.2 Å². The third kappa shape index (κ3) is 3.39. The van der Waals surface area contributed by atoms with Crippen molar-refractivity contribution in [3.05, 3.63) is 35.9 Å². The van der Waals surface area contributed by atoms with E-state index in [4.69, 9.17) is 18.9 Å². The maximum Gasteiger partial charge on any atom is 0.338 e. The Morgan fingerprint density at radius 3 is 2.65 bits per heavy atom. The molecule has 7 nitrogen and oxygen atoms in total. The van der Waals surface area contributed by atoms with E-state index in [1.807, 2.05) is 0 Å². The second-order valence-electron chi connectivity index (χ2n) is 6.09. The molecule has 0 saturated carbocycles. The number of carbonyl (C=O) groups is 1. The Hall–Kier alpha value is -1.51. The van der Waals surface area contributed by atoms with Crippen LogP contribution in [-0.2, 0) is 18.9 Å². The van der Waals surface area contributed by atoms with E-state index in [1.54, 1.807) is 44.2 Å². The number of fused-ring (bicyclic) bond motifs is 1. The van der Waals surface area contributed by atoms with Crippen LogP contribution in [0.1, 0.15) is 24.2 Å². The summed E-state index contributed by atoms with van der Waals surface area (Å²) in [6.45, 7) is 3.14. The lowest BCUT2D eigenvalue weighted by molar-refractivity contribution is -0.227. The molecule has 0 radical (unpaired) electrons. The van der Waals surface area contributed by atoms with Crippen LogP contribution in [-0.4, -0.2) is 59.3 Å². The van der Waals surface area contributed by atoms with Gasteiger partial charge in [0.25, 0.3) is 0 Å². The average Bonchev–Trinajstić information content (AvgIpc) is 2.99. The van der Waals surface area contributed by atoms with Gasteiger partial charge >= 0.3 is 5.97 Å². The molecule has 2 N–H and O–H groups in total. The SMILES string of the molecule is CC1(C)O[C@@H]2O[C@H]([C@@H](O)COC(=O)c3ccccc3)[C@H](O)[C@@H]2O1. The standard InChI is InChI=1S/C16H20O7/c1-16(2)22-13-11(18)12(21-15(13)23-16)10(17)8-20-14(19)9-6-4-3-5-7-9/h3-7,10-13,15,17-18H,8H2,1-2H3/t10-,11-,12+,13-,15-/m0/s1. The summed E-state index contributed by atoms with van der Waals surface area (Å²) >= 11 is 0. The Balaban J connectivity index is 1.54. The zero-order chi connectivity index (χ0) is 16.6. The number of ether oxygens (including phenoxy) is 4. The predicted octanol–water partition coefficient (Wildman–Crippen LogP) is 0.442. The highest BCUT2D eigenvalue weighted by Crippen LogP contribution is 2.38. The van der Waals surface area contributed by atoms with Crippen LogP contribution in [0.4, 0.5) is 0 Å². The second-order valence-corrected chi connectivity index (χ2v) is 6.09. The fraction of sp³-hybridized carbons (Fsp3) is 0.562. The van der Waals surface area contributed by atoms with Gasteiger partial charge in [-0.1, -0.05) is 18.2 Å². The molecule has 3 rings (SSSR count). The van der Waals surface area contributed by atoms with E-state index < -0.39 is 42.5 Å². The Kier molecular flexibility index (Phi) is 4.39. The van der Waals surface area contributed by atoms with Crippen molar-refractivity contribution in [1.82, 2.24) is 0 Å². The Labute approximate surface area is 133 Å². The molecule has 0 aliphatic carbocycles. The summed E-state index contributed by atoms with van der Waals surface area (Å²) in [6.07, 6.45) is -4.60. The van der Waals surface area contributed by atoms with Gasteiger partial charge in [0.05, 0.1) is 5.56 Å². The molecule has 5 atom stereocenters. The van der Waals surface area contributed by atoms with Gasteiger partial charge in [-0.05, 0) is 26.0 Å². The van der Waals surface area contributed by atoms with Crippen LogP contribution in [0.25, 0.3) is 0 Å². The quantitative estimate of drug-likeness (QED) is 0.776. The molecule has 2 aliphatic heterocycles. The van der Waals surface area contributed by atoms with Crippen LogP contribution >= 0.6 is 0 Å². The zero-order valence-corrected chi connectivity index (χ0v) is 12.9. The summed E-state index contributed by atoms with van der Waals surface area (Å²) in [5.41, 5.74) is 0.387. The van der Waals surface area contributed by atoms with Crippen LogP contribution in [0.3, 0.4) is 0 Å². The Morgan fingerprint density at radius 2 is 2.00 bits per heavy atom. The Bertz CT molecular complexity index is 559. The first-order valence-corrected chi connectivity index (χ1v) is 7.47. The van der Waals surface area contributed by atoms with Gasteiger partial charge in [-0.2, -0.15) is 0 Å². The third-order valence-corrected chi connectivity index (χ3v) is 3.83. The number of aliphatic hydroxyl groups excluding tert-OH is 2. The van der Waals surface area contributed by atoms with Crippen LogP contribution in [0.15, 0.2) is 30.3 Å². The van der Waals surface area contributed by atoms with Gasteiger partial charge in [0.2, 0.25) is 0 Å². The van der Waals surface area contributed by atoms with E-state index in [-0.39, 0.29) is 6.61 Å². The zero-order valence-electron chi connectivity index (χ0n) is 12.9. The minimum Gasteiger partial charge on any atom is -0.459 e. The molecule has 7 heteroatoms. The van der Waals surface area contributed by atoms with Crippen molar-refractivity contribution in [3.63, 3.8) is 0 Å². The molecule has 2 fully saturated rings. The van der Waals surface area contributed by atoms with Crippen LogP contribution < -0.4 is 0 Å². The van der Waals surface area contributed by atoms with Crippen LogP contribution in [0.2, 0.25) is 0 Å². The average molecular weight is 324 g/mol. The van der Waals surface area contributed by atoms with Gasteiger partial charge in [0, 0.05) is 0 Å². The monoisotopic (exact) mass is 324 g/mol. The lowest BCUT2D eigenvalue weighted by Crippen LogP contribution is -2.43. The number of esters is 1. The van der Waals surface area contributed by atoms with E-state index in [2.05, 4.69) is 0 Å². The molecule has 0 aromatic heterocycles. The highest BCUT2D eigenvalue weighted by atomic mass is 16.8. The molecule has 0 spiro atoms. The number of hydrogen-bond acceptors (Lipinski definition) is 7. The largest absolute Gasteiger partial charge is 0.459 e. The van der Waals surface area contributed by atoms with Gasteiger partial charge in [0.15, 0.2) is 12.1 Å². The number of hydrogen-bond donors (Lipinski definition) is 2. The first-order chi connectivity index (χ1) is 10.9. The molecular weight excluding hydrogens is 304 g/mol. The summed E-state index contributed by atoms with van der Waals surface area (Å²) in [4.78, 5) is 11.8. The normalized spacial score (nSPS) is 33.2. The lowest BCUT2D eigenvalue weighted by Gasteiger charge is -2.25. The molecule has 0 amide bonds. The fourth-order valence-electron chi connectivity index (χ4n) is 2.75. The molecule has 0 unspecified atom stereocenters. The van der Waals surface area contributed by atoms with Crippen LogP contribution in [0.5, 0.6) is 0 Å². The first kappa shape index (κ1) is 16.4. The van der Waals surface area contributed by atoms with Gasteiger partial charge in [-0.3, -0.25) is 0 Å². The van der Waals surface area contributed by atoms with Crippen LogP contribution in [0, 0.1) is 0 Å². The van der Waals surface area contributed by atoms with E-state index in [1.165, 1.54) is 0 Å². The summed E-state index contributed by atoms with van der Waals surface area (Å²) in [5.74, 6) is -1.39. The number of benzene rings is 1. The molecule has 1 aromatic carbocycles. The first-order valence-electron chi connectivity index (χ1n) is 7.47. The molecular formula is C16H20O7.